The molecule has 1 aliphatic heterocycles. The van der Waals surface area contributed by atoms with E-state index in [0.29, 0.717) is 43.1 Å². The molecule has 0 atom stereocenters. The van der Waals surface area contributed by atoms with Crippen LogP contribution in [0.25, 0.3) is 0 Å². The zero-order valence-electron chi connectivity index (χ0n) is 15.1. The highest BCUT2D eigenvalue weighted by molar-refractivity contribution is 7.89. The fourth-order valence-corrected chi connectivity index (χ4v) is 4.59. The Labute approximate surface area is 154 Å². The average molecular weight is 373 g/mol. The molecule has 1 amide bonds. The Bertz CT molecular complexity index is 898. The first kappa shape index (κ1) is 18.5. The summed E-state index contributed by atoms with van der Waals surface area (Å²) in [5, 5.41) is 0. The molecule has 138 valence electrons. The van der Waals surface area contributed by atoms with E-state index in [0.717, 1.165) is 11.1 Å². The zero-order chi connectivity index (χ0) is 18.7. The van der Waals surface area contributed by atoms with Gasteiger partial charge in [0.25, 0.3) is 5.91 Å². The van der Waals surface area contributed by atoms with Gasteiger partial charge in [0.2, 0.25) is 10.0 Å². The number of pyridine rings is 1. The van der Waals surface area contributed by atoms with Crippen molar-refractivity contribution in [1.82, 2.24) is 14.2 Å². The van der Waals surface area contributed by atoms with E-state index in [2.05, 4.69) is 4.98 Å². The van der Waals surface area contributed by atoms with E-state index >= 15 is 0 Å². The quantitative estimate of drug-likeness (QED) is 0.827. The first-order valence-corrected chi connectivity index (χ1v) is 10.1. The summed E-state index contributed by atoms with van der Waals surface area (Å²) in [6, 6.07) is 8.56. The van der Waals surface area contributed by atoms with Crippen LogP contribution in [-0.4, -0.2) is 54.7 Å². The second kappa shape index (κ2) is 7.55. The largest absolute Gasteiger partial charge is 0.337 e. The lowest BCUT2D eigenvalue weighted by atomic mass is 10.1. The summed E-state index contributed by atoms with van der Waals surface area (Å²) >= 11 is 0. The van der Waals surface area contributed by atoms with Crippen molar-refractivity contribution in [2.24, 2.45) is 0 Å². The maximum atomic E-state index is 13.0. The van der Waals surface area contributed by atoms with Crippen LogP contribution in [0.3, 0.4) is 0 Å². The fraction of sp³-hybridized carbons (Fsp3) is 0.368. The number of benzene rings is 1. The monoisotopic (exact) mass is 373 g/mol. The van der Waals surface area contributed by atoms with Gasteiger partial charge >= 0.3 is 0 Å². The van der Waals surface area contributed by atoms with Crippen LogP contribution in [0.5, 0.6) is 0 Å². The first-order valence-electron chi connectivity index (χ1n) is 8.66. The van der Waals surface area contributed by atoms with Gasteiger partial charge < -0.3 is 4.90 Å². The number of hydrogen-bond acceptors (Lipinski definition) is 4. The van der Waals surface area contributed by atoms with Crippen LogP contribution in [0.2, 0.25) is 0 Å². The Kier molecular flexibility index (Phi) is 5.38. The molecule has 3 rings (SSSR count). The highest BCUT2D eigenvalue weighted by atomic mass is 32.2. The topological polar surface area (TPSA) is 70.6 Å². The highest BCUT2D eigenvalue weighted by Crippen LogP contribution is 2.21. The first-order chi connectivity index (χ1) is 12.4. The molecule has 0 N–H and O–H groups in total. The maximum absolute atomic E-state index is 13.0. The number of aromatic nitrogens is 1. The molecule has 0 bridgehead atoms. The number of aryl methyl sites for hydroxylation is 2. The predicted octanol–water partition coefficient (Wildman–Crippen LogP) is 2.24. The molecule has 1 aliphatic rings. The van der Waals surface area contributed by atoms with Crippen LogP contribution in [-0.2, 0) is 10.0 Å². The van der Waals surface area contributed by atoms with Gasteiger partial charge in [-0.3, -0.25) is 9.78 Å². The summed E-state index contributed by atoms with van der Waals surface area (Å²) in [6.45, 7) is 5.50. The van der Waals surface area contributed by atoms with Crippen LogP contribution >= 0.6 is 0 Å². The normalized spacial score (nSPS) is 16.3. The lowest BCUT2D eigenvalue weighted by Gasteiger charge is -2.22. The van der Waals surface area contributed by atoms with E-state index in [1.807, 2.05) is 19.9 Å². The second-order valence-corrected chi connectivity index (χ2v) is 8.47. The van der Waals surface area contributed by atoms with Gasteiger partial charge in [-0.05, 0) is 55.7 Å². The molecular formula is C19H23N3O3S. The molecule has 2 aromatic rings. The smallest absolute Gasteiger partial charge is 0.254 e. The van der Waals surface area contributed by atoms with Crippen molar-refractivity contribution < 1.29 is 13.2 Å². The molecule has 0 saturated carbocycles. The lowest BCUT2D eigenvalue weighted by molar-refractivity contribution is 0.0764. The second-order valence-electron chi connectivity index (χ2n) is 6.53. The van der Waals surface area contributed by atoms with Crippen molar-refractivity contribution in [3.63, 3.8) is 0 Å². The third-order valence-corrected chi connectivity index (χ3v) is 6.68. The molecule has 26 heavy (non-hydrogen) atoms. The van der Waals surface area contributed by atoms with Crippen molar-refractivity contribution in [3.05, 3.63) is 59.4 Å². The maximum Gasteiger partial charge on any atom is 0.254 e. The van der Waals surface area contributed by atoms with E-state index in [9.17, 15) is 13.2 Å². The summed E-state index contributed by atoms with van der Waals surface area (Å²) in [6.07, 6.45) is 3.78. The van der Waals surface area contributed by atoms with Gasteiger partial charge in [-0.15, -0.1) is 0 Å². The van der Waals surface area contributed by atoms with Crippen molar-refractivity contribution in [2.75, 3.05) is 26.2 Å². The number of carbonyl (C=O) groups is 1. The molecule has 6 nitrogen and oxygen atoms in total. The number of sulfonamides is 1. The molecule has 0 unspecified atom stereocenters. The van der Waals surface area contributed by atoms with Crippen LogP contribution in [0.15, 0.2) is 47.6 Å². The van der Waals surface area contributed by atoms with Crippen molar-refractivity contribution in [2.45, 2.75) is 25.2 Å². The van der Waals surface area contributed by atoms with E-state index in [1.54, 1.807) is 41.6 Å². The Hall–Kier alpha value is -2.25. The van der Waals surface area contributed by atoms with Crippen LogP contribution in [0, 0.1) is 13.8 Å². The number of rotatable bonds is 3. The predicted molar refractivity (Wildman–Crippen MR) is 99.4 cm³/mol. The van der Waals surface area contributed by atoms with Crippen molar-refractivity contribution >= 4 is 15.9 Å². The summed E-state index contributed by atoms with van der Waals surface area (Å²) in [5.41, 5.74) is 2.59. The summed E-state index contributed by atoms with van der Waals surface area (Å²) < 4.78 is 27.4. The van der Waals surface area contributed by atoms with Gasteiger partial charge in [-0.1, -0.05) is 6.07 Å². The van der Waals surface area contributed by atoms with Gasteiger partial charge in [0, 0.05) is 44.1 Å². The van der Waals surface area contributed by atoms with E-state index in [4.69, 9.17) is 0 Å². The summed E-state index contributed by atoms with van der Waals surface area (Å²) in [7, 11) is -3.55. The molecule has 1 saturated heterocycles. The van der Waals surface area contributed by atoms with Crippen LogP contribution < -0.4 is 0 Å². The third-order valence-electron chi connectivity index (χ3n) is 4.79. The zero-order valence-corrected chi connectivity index (χ0v) is 15.9. The molecule has 1 aromatic heterocycles. The van der Waals surface area contributed by atoms with E-state index in [1.165, 1.54) is 4.31 Å². The minimum Gasteiger partial charge on any atom is -0.337 e. The molecular weight excluding hydrogens is 350 g/mol. The van der Waals surface area contributed by atoms with Gasteiger partial charge in [0.15, 0.2) is 0 Å². The molecule has 1 aromatic carbocycles. The van der Waals surface area contributed by atoms with Gasteiger partial charge in [0.1, 0.15) is 0 Å². The number of amides is 1. The molecule has 2 heterocycles. The van der Waals surface area contributed by atoms with Crippen molar-refractivity contribution in [1.29, 1.82) is 0 Å². The van der Waals surface area contributed by atoms with E-state index < -0.39 is 10.0 Å². The third kappa shape index (κ3) is 3.78. The summed E-state index contributed by atoms with van der Waals surface area (Å²) in [4.78, 5) is 18.5. The SMILES string of the molecule is Cc1ccc(S(=O)(=O)N2CCCN(C(=O)c3ccncc3)CC2)cc1C. The molecule has 1 fully saturated rings. The van der Waals surface area contributed by atoms with Gasteiger partial charge in [0.05, 0.1) is 4.90 Å². The van der Waals surface area contributed by atoms with Gasteiger partial charge in [-0.25, -0.2) is 8.42 Å². The average Bonchev–Trinajstić information content (AvgIpc) is 2.90. The molecule has 7 heteroatoms. The Morgan fingerprint density at radius 3 is 2.38 bits per heavy atom. The minimum absolute atomic E-state index is 0.0853. The number of hydrogen-bond donors (Lipinski definition) is 0. The van der Waals surface area contributed by atoms with Crippen LogP contribution in [0.4, 0.5) is 0 Å². The minimum atomic E-state index is -3.55. The molecule has 0 radical (unpaired) electrons. The number of carbonyl (C=O) groups excluding carboxylic acids is 1. The Morgan fingerprint density at radius 2 is 1.69 bits per heavy atom. The molecule has 0 spiro atoms. The lowest BCUT2D eigenvalue weighted by Crippen LogP contribution is -2.37. The number of nitrogens with zero attached hydrogens (tertiary/aromatic N) is 3. The molecule has 0 aliphatic carbocycles. The summed E-state index contributed by atoms with van der Waals surface area (Å²) in [5.74, 6) is -0.0853. The van der Waals surface area contributed by atoms with E-state index in [-0.39, 0.29) is 5.91 Å². The Morgan fingerprint density at radius 1 is 0.962 bits per heavy atom. The Balaban J connectivity index is 1.75. The van der Waals surface area contributed by atoms with Crippen molar-refractivity contribution in [3.8, 4) is 0 Å². The standard InChI is InChI=1S/C19H23N3O3S/c1-15-4-5-18(14-16(15)2)26(24,25)22-11-3-10-21(12-13-22)19(23)17-6-8-20-9-7-17/h4-9,14H,3,10-13H2,1-2H3. The van der Waals surface area contributed by atoms with Gasteiger partial charge in [-0.2, -0.15) is 4.31 Å². The fourth-order valence-electron chi connectivity index (χ4n) is 3.04. The van der Waals surface area contributed by atoms with Crippen LogP contribution in [0.1, 0.15) is 27.9 Å². The highest BCUT2D eigenvalue weighted by Gasteiger charge is 2.28.